The second-order valence-electron chi connectivity index (χ2n) is 4.17. The summed E-state index contributed by atoms with van der Waals surface area (Å²) in [6.45, 7) is 0. The monoisotopic (exact) mass is 273 g/mol. The van der Waals surface area contributed by atoms with Crippen molar-refractivity contribution >= 4 is 22.4 Å². The van der Waals surface area contributed by atoms with E-state index in [0.29, 0.717) is 11.6 Å². The second-order valence-corrected chi connectivity index (χ2v) is 4.53. The number of halogens is 2. The fourth-order valence-corrected chi connectivity index (χ4v) is 2.21. The van der Waals surface area contributed by atoms with E-state index in [1.807, 2.05) is 24.3 Å². The van der Waals surface area contributed by atoms with Crippen LogP contribution in [0.3, 0.4) is 0 Å². The van der Waals surface area contributed by atoms with Crippen molar-refractivity contribution in [2.75, 3.05) is 0 Å². The zero-order valence-corrected chi connectivity index (χ0v) is 10.6. The van der Waals surface area contributed by atoms with Gasteiger partial charge in [-0.25, -0.2) is 4.39 Å². The maximum absolute atomic E-state index is 13.1. The van der Waals surface area contributed by atoms with E-state index < -0.39 is 0 Å². The van der Waals surface area contributed by atoms with E-state index in [-0.39, 0.29) is 5.82 Å². The third-order valence-electron chi connectivity index (χ3n) is 2.85. The molecule has 0 fully saturated rings. The molecule has 0 saturated carbocycles. The summed E-state index contributed by atoms with van der Waals surface area (Å²) < 4.78 is 13.1. The Balaban J connectivity index is 2.09. The quantitative estimate of drug-likeness (QED) is 0.718. The molecule has 0 spiro atoms. The molecule has 3 aromatic rings. The van der Waals surface area contributed by atoms with Gasteiger partial charge < -0.3 is 0 Å². The van der Waals surface area contributed by atoms with Crippen LogP contribution in [0, 0.1) is 5.82 Å². The molecule has 5 heteroatoms. The van der Waals surface area contributed by atoms with Gasteiger partial charge in [0.2, 0.25) is 0 Å². The zero-order valence-electron chi connectivity index (χ0n) is 9.85. The number of fused-ring (bicyclic) bond motifs is 1. The summed E-state index contributed by atoms with van der Waals surface area (Å²) in [5, 5.41) is 10.2. The number of pyridine rings is 1. The first-order valence-corrected chi connectivity index (χ1v) is 6.11. The molecule has 0 radical (unpaired) electrons. The molecule has 0 aliphatic carbocycles. The molecule has 0 aliphatic heterocycles. The minimum atomic E-state index is -0.358. The lowest BCUT2D eigenvalue weighted by atomic mass is 10.1. The second kappa shape index (κ2) is 4.90. The molecule has 0 atom stereocenters. The molecule has 1 aromatic carbocycles. The summed E-state index contributed by atoms with van der Waals surface area (Å²) in [6, 6.07) is 9.06. The molecular weight excluding hydrogens is 265 g/mol. The Kier molecular flexibility index (Phi) is 3.09. The van der Waals surface area contributed by atoms with Crippen LogP contribution in [0.4, 0.5) is 4.39 Å². The molecule has 0 unspecified atom stereocenters. The molecule has 0 saturated heterocycles. The van der Waals surface area contributed by atoms with Gasteiger partial charge in [-0.3, -0.25) is 4.98 Å². The fraction of sp³-hybridized carbons (Fsp3) is 0.0714. The maximum Gasteiger partial charge on any atom is 0.159 e. The Labute approximate surface area is 114 Å². The Morgan fingerprint density at radius 2 is 1.84 bits per heavy atom. The minimum absolute atomic E-state index is 0.358. The molecule has 3 nitrogen and oxygen atoms in total. The van der Waals surface area contributed by atoms with Gasteiger partial charge in [0.1, 0.15) is 5.82 Å². The Hall–Kier alpha value is -2.07. The summed E-state index contributed by atoms with van der Waals surface area (Å²) in [6.07, 6.45) is 3.26. The number of aromatic nitrogens is 3. The molecule has 0 aliphatic rings. The van der Waals surface area contributed by atoms with Crippen molar-refractivity contribution < 1.29 is 4.39 Å². The minimum Gasteiger partial charge on any atom is -0.261 e. The third-order valence-corrected chi connectivity index (χ3v) is 3.13. The number of hydrogen-bond acceptors (Lipinski definition) is 3. The van der Waals surface area contributed by atoms with Gasteiger partial charge in [0, 0.05) is 23.4 Å². The summed E-state index contributed by atoms with van der Waals surface area (Å²) in [4.78, 5) is 3.83. The Morgan fingerprint density at radius 1 is 1.05 bits per heavy atom. The smallest absolute Gasteiger partial charge is 0.159 e. The van der Waals surface area contributed by atoms with E-state index in [1.54, 1.807) is 6.20 Å². The molecule has 0 amide bonds. The SMILES string of the molecule is Fc1cncc(Cc2nnc(Cl)c3ccccc23)c1. The van der Waals surface area contributed by atoms with Crippen molar-refractivity contribution in [2.24, 2.45) is 0 Å². The Bertz CT molecular complexity index is 746. The molecule has 2 aromatic heterocycles. The van der Waals surface area contributed by atoms with Crippen molar-refractivity contribution in [1.82, 2.24) is 15.2 Å². The van der Waals surface area contributed by atoms with Crippen LogP contribution < -0.4 is 0 Å². The fourth-order valence-electron chi connectivity index (χ4n) is 2.00. The van der Waals surface area contributed by atoms with Crippen LogP contribution in [-0.4, -0.2) is 15.2 Å². The number of rotatable bonds is 2. The van der Waals surface area contributed by atoms with Gasteiger partial charge in [-0.1, -0.05) is 35.9 Å². The summed E-state index contributed by atoms with van der Waals surface area (Å²) in [7, 11) is 0. The van der Waals surface area contributed by atoms with E-state index in [9.17, 15) is 4.39 Å². The van der Waals surface area contributed by atoms with Crippen molar-refractivity contribution in [3.8, 4) is 0 Å². The van der Waals surface area contributed by atoms with E-state index in [2.05, 4.69) is 15.2 Å². The first kappa shape index (κ1) is 12.0. The van der Waals surface area contributed by atoms with Gasteiger partial charge in [0.15, 0.2) is 5.15 Å². The van der Waals surface area contributed by atoms with Crippen LogP contribution in [0.15, 0.2) is 42.7 Å². The molecule has 0 N–H and O–H groups in total. The highest BCUT2D eigenvalue weighted by Gasteiger charge is 2.08. The van der Waals surface area contributed by atoms with Gasteiger partial charge in [-0.05, 0) is 11.6 Å². The van der Waals surface area contributed by atoms with Gasteiger partial charge in [0.25, 0.3) is 0 Å². The number of hydrogen-bond donors (Lipinski definition) is 0. The standard InChI is InChI=1S/C14H9ClFN3/c15-14-12-4-2-1-3-11(12)13(18-19-14)6-9-5-10(16)8-17-7-9/h1-5,7-8H,6H2. The summed E-state index contributed by atoms with van der Waals surface area (Å²) in [5.74, 6) is -0.358. The van der Waals surface area contributed by atoms with E-state index in [1.165, 1.54) is 12.3 Å². The molecule has 3 rings (SSSR count). The average Bonchev–Trinajstić information content (AvgIpc) is 2.42. The van der Waals surface area contributed by atoms with Crippen molar-refractivity contribution in [1.29, 1.82) is 0 Å². The highest BCUT2D eigenvalue weighted by Crippen LogP contribution is 2.24. The predicted octanol–water partition coefficient (Wildman–Crippen LogP) is 3.41. The molecule has 2 heterocycles. The van der Waals surface area contributed by atoms with E-state index >= 15 is 0 Å². The third kappa shape index (κ3) is 2.39. The lowest BCUT2D eigenvalue weighted by molar-refractivity contribution is 0.619. The van der Waals surface area contributed by atoms with Crippen molar-refractivity contribution in [2.45, 2.75) is 6.42 Å². The lowest BCUT2D eigenvalue weighted by Gasteiger charge is -2.05. The number of nitrogens with zero attached hydrogens (tertiary/aromatic N) is 3. The van der Waals surface area contributed by atoms with Crippen LogP contribution in [0.25, 0.3) is 10.8 Å². The van der Waals surface area contributed by atoms with Crippen LogP contribution in [-0.2, 0) is 6.42 Å². The van der Waals surface area contributed by atoms with Crippen molar-refractivity contribution in [3.63, 3.8) is 0 Å². The van der Waals surface area contributed by atoms with Crippen molar-refractivity contribution in [3.05, 3.63) is 65.0 Å². The van der Waals surface area contributed by atoms with Gasteiger partial charge >= 0.3 is 0 Å². The molecule has 94 valence electrons. The predicted molar refractivity (Wildman–Crippen MR) is 71.5 cm³/mol. The Morgan fingerprint density at radius 3 is 2.63 bits per heavy atom. The molecule has 19 heavy (non-hydrogen) atoms. The lowest BCUT2D eigenvalue weighted by Crippen LogP contribution is -1.98. The summed E-state index contributed by atoms with van der Waals surface area (Å²) in [5.41, 5.74) is 1.51. The van der Waals surface area contributed by atoms with Crippen LogP contribution in [0.5, 0.6) is 0 Å². The largest absolute Gasteiger partial charge is 0.261 e. The molecular formula is C14H9ClFN3. The highest BCUT2D eigenvalue weighted by molar-refractivity contribution is 6.34. The first-order valence-electron chi connectivity index (χ1n) is 5.73. The van der Waals surface area contributed by atoms with E-state index in [4.69, 9.17) is 11.6 Å². The van der Waals surface area contributed by atoms with Crippen LogP contribution >= 0.6 is 11.6 Å². The highest BCUT2D eigenvalue weighted by atomic mass is 35.5. The topological polar surface area (TPSA) is 38.7 Å². The summed E-state index contributed by atoms with van der Waals surface area (Å²) >= 11 is 6.01. The number of benzene rings is 1. The van der Waals surface area contributed by atoms with Crippen LogP contribution in [0.1, 0.15) is 11.3 Å². The molecule has 0 bridgehead atoms. The normalized spacial score (nSPS) is 10.8. The van der Waals surface area contributed by atoms with Gasteiger partial charge in [-0.2, -0.15) is 5.10 Å². The van der Waals surface area contributed by atoms with Crippen LogP contribution in [0.2, 0.25) is 5.15 Å². The van der Waals surface area contributed by atoms with E-state index in [0.717, 1.165) is 22.0 Å². The maximum atomic E-state index is 13.1. The van der Waals surface area contributed by atoms with Gasteiger partial charge in [-0.15, -0.1) is 5.10 Å². The zero-order chi connectivity index (χ0) is 13.2. The average molecular weight is 274 g/mol. The first-order chi connectivity index (χ1) is 9.24. The van der Waals surface area contributed by atoms with Gasteiger partial charge in [0.05, 0.1) is 11.9 Å².